The van der Waals surface area contributed by atoms with Crippen LogP contribution in [0, 0.1) is 5.82 Å². The Morgan fingerprint density at radius 2 is 1.67 bits per heavy atom. The maximum atomic E-state index is 13.2. The summed E-state index contributed by atoms with van der Waals surface area (Å²) in [6.07, 6.45) is 0.255. The van der Waals surface area contributed by atoms with E-state index >= 15 is 0 Å². The number of nitrogens with zero attached hydrogens (tertiary/aromatic N) is 1. The molecule has 1 atom stereocenters. The highest BCUT2D eigenvalue weighted by atomic mass is 32.2. The Morgan fingerprint density at radius 3 is 2.26 bits per heavy atom. The molecule has 1 aliphatic rings. The van der Waals surface area contributed by atoms with Crippen LogP contribution in [-0.2, 0) is 20.2 Å². The topological polar surface area (TPSA) is 83.6 Å². The third-order valence-electron chi connectivity index (χ3n) is 4.73. The van der Waals surface area contributed by atoms with Crippen LogP contribution in [0.15, 0.2) is 59.5 Å². The summed E-state index contributed by atoms with van der Waals surface area (Å²) in [5, 5.41) is 2.65. The molecule has 2 aromatic rings. The number of rotatable bonds is 6. The van der Waals surface area contributed by atoms with Crippen molar-refractivity contribution in [2.45, 2.75) is 23.8 Å². The van der Waals surface area contributed by atoms with Gasteiger partial charge in [0, 0.05) is 6.54 Å². The van der Waals surface area contributed by atoms with Gasteiger partial charge in [-0.1, -0.05) is 37.3 Å². The number of hydrogen-bond donors (Lipinski definition) is 1. The van der Waals surface area contributed by atoms with Crippen molar-refractivity contribution in [1.82, 2.24) is 10.2 Å². The van der Waals surface area contributed by atoms with E-state index in [1.165, 1.54) is 36.4 Å². The summed E-state index contributed by atoms with van der Waals surface area (Å²) < 4.78 is 38.1. The van der Waals surface area contributed by atoms with Crippen molar-refractivity contribution in [3.8, 4) is 0 Å². The zero-order chi connectivity index (χ0) is 19.7. The molecule has 1 fully saturated rings. The lowest BCUT2D eigenvalue weighted by molar-refractivity contribution is -0.131. The Kier molecular flexibility index (Phi) is 5.01. The van der Waals surface area contributed by atoms with Gasteiger partial charge in [0.25, 0.3) is 5.91 Å². The van der Waals surface area contributed by atoms with Gasteiger partial charge in [-0.15, -0.1) is 0 Å². The molecule has 0 bridgehead atoms. The molecule has 0 aromatic heterocycles. The number of nitrogens with one attached hydrogen (secondary N) is 1. The fraction of sp³-hybridized carbons (Fsp3) is 0.263. The smallest absolute Gasteiger partial charge is 0.319 e. The largest absolute Gasteiger partial charge is 0.325 e. The fourth-order valence-corrected chi connectivity index (χ4v) is 4.39. The van der Waals surface area contributed by atoms with Crippen LogP contribution in [0.5, 0.6) is 0 Å². The molecule has 1 aliphatic heterocycles. The molecule has 1 unspecified atom stereocenters. The number of sulfone groups is 1. The minimum absolute atomic E-state index is 0.136. The van der Waals surface area contributed by atoms with Crippen molar-refractivity contribution < 1.29 is 22.4 Å². The standard InChI is InChI=1S/C19H19FN2O4S/c1-2-19(14-8-10-15(20)11-9-14)17(23)22(18(24)21-19)12-13-27(25,26)16-6-4-3-5-7-16/h3-11H,2,12-13H2,1H3,(H,21,24). The molecule has 0 aliphatic carbocycles. The summed E-state index contributed by atoms with van der Waals surface area (Å²) in [6.45, 7) is 1.47. The van der Waals surface area contributed by atoms with Crippen molar-refractivity contribution in [2.75, 3.05) is 12.3 Å². The Hall–Kier alpha value is -2.74. The zero-order valence-electron chi connectivity index (χ0n) is 14.7. The zero-order valence-corrected chi connectivity index (χ0v) is 15.5. The Labute approximate surface area is 156 Å². The molecule has 1 saturated heterocycles. The van der Waals surface area contributed by atoms with E-state index in [1.807, 2.05) is 0 Å². The third-order valence-corrected chi connectivity index (χ3v) is 6.44. The van der Waals surface area contributed by atoms with Crippen LogP contribution in [0.4, 0.5) is 9.18 Å². The van der Waals surface area contributed by atoms with Gasteiger partial charge in [-0.25, -0.2) is 17.6 Å². The van der Waals surface area contributed by atoms with E-state index in [9.17, 15) is 22.4 Å². The summed E-state index contributed by atoms with van der Waals surface area (Å²) in [7, 11) is -3.63. The minimum atomic E-state index is -3.63. The average Bonchev–Trinajstić information content (AvgIpc) is 2.92. The van der Waals surface area contributed by atoms with Gasteiger partial charge < -0.3 is 5.32 Å². The van der Waals surface area contributed by atoms with Crippen LogP contribution in [0.1, 0.15) is 18.9 Å². The summed E-state index contributed by atoms with van der Waals surface area (Å²) in [4.78, 5) is 26.4. The quantitative estimate of drug-likeness (QED) is 0.768. The van der Waals surface area contributed by atoms with Crippen molar-refractivity contribution in [3.05, 3.63) is 66.0 Å². The van der Waals surface area contributed by atoms with Crippen molar-refractivity contribution in [1.29, 1.82) is 0 Å². The Balaban J connectivity index is 1.83. The first-order valence-electron chi connectivity index (χ1n) is 8.48. The van der Waals surface area contributed by atoms with Crippen molar-refractivity contribution >= 4 is 21.8 Å². The number of benzene rings is 2. The fourth-order valence-electron chi connectivity index (χ4n) is 3.16. The van der Waals surface area contributed by atoms with Gasteiger partial charge in [-0.2, -0.15) is 0 Å². The van der Waals surface area contributed by atoms with E-state index in [1.54, 1.807) is 25.1 Å². The van der Waals surface area contributed by atoms with E-state index in [-0.39, 0.29) is 23.6 Å². The summed E-state index contributed by atoms with van der Waals surface area (Å²) in [5.74, 6) is -1.36. The predicted octanol–water partition coefficient (Wildman–Crippen LogP) is 2.46. The normalized spacial score (nSPS) is 20.0. The summed E-state index contributed by atoms with van der Waals surface area (Å²) >= 11 is 0. The third kappa shape index (κ3) is 3.44. The van der Waals surface area contributed by atoms with E-state index in [4.69, 9.17) is 0 Å². The van der Waals surface area contributed by atoms with Gasteiger partial charge in [0.1, 0.15) is 11.4 Å². The number of hydrogen-bond acceptors (Lipinski definition) is 4. The highest BCUT2D eigenvalue weighted by Crippen LogP contribution is 2.32. The molecule has 0 radical (unpaired) electrons. The minimum Gasteiger partial charge on any atom is -0.319 e. The van der Waals surface area contributed by atoms with Crippen LogP contribution in [0.25, 0.3) is 0 Å². The van der Waals surface area contributed by atoms with Gasteiger partial charge in [0.15, 0.2) is 9.84 Å². The lowest BCUT2D eigenvalue weighted by Gasteiger charge is -2.25. The lowest BCUT2D eigenvalue weighted by Crippen LogP contribution is -2.43. The molecule has 1 N–H and O–H groups in total. The molecule has 0 saturated carbocycles. The van der Waals surface area contributed by atoms with Gasteiger partial charge in [-0.05, 0) is 36.2 Å². The van der Waals surface area contributed by atoms with Crippen LogP contribution in [0.3, 0.4) is 0 Å². The first-order chi connectivity index (χ1) is 12.8. The number of imide groups is 1. The van der Waals surface area contributed by atoms with Gasteiger partial charge >= 0.3 is 6.03 Å². The molecule has 3 rings (SSSR count). The molecular weight excluding hydrogens is 371 g/mol. The molecular formula is C19H19FN2O4S. The van der Waals surface area contributed by atoms with Crippen LogP contribution >= 0.6 is 0 Å². The second-order valence-electron chi connectivity index (χ2n) is 6.28. The Bertz CT molecular complexity index is 961. The maximum absolute atomic E-state index is 13.2. The van der Waals surface area contributed by atoms with E-state index in [0.29, 0.717) is 5.56 Å². The summed E-state index contributed by atoms with van der Waals surface area (Å²) in [6, 6.07) is 12.5. The first-order valence-corrected chi connectivity index (χ1v) is 10.1. The van der Waals surface area contributed by atoms with Crippen LogP contribution in [0.2, 0.25) is 0 Å². The molecule has 3 amide bonds. The number of carbonyl (C=O) groups excluding carboxylic acids is 2. The second kappa shape index (κ2) is 7.11. The predicted molar refractivity (Wildman–Crippen MR) is 97.1 cm³/mol. The number of urea groups is 1. The number of carbonyl (C=O) groups is 2. The molecule has 27 heavy (non-hydrogen) atoms. The molecule has 142 valence electrons. The molecule has 0 spiro atoms. The average molecular weight is 390 g/mol. The highest BCUT2D eigenvalue weighted by Gasteiger charge is 2.51. The van der Waals surface area contributed by atoms with Gasteiger partial charge in [0.05, 0.1) is 10.6 Å². The monoisotopic (exact) mass is 390 g/mol. The lowest BCUT2D eigenvalue weighted by atomic mass is 9.87. The van der Waals surface area contributed by atoms with E-state index in [2.05, 4.69) is 5.32 Å². The Morgan fingerprint density at radius 1 is 1.04 bits per heavy atom. The highest BCUT2D eigenvalue weighted by molar-refractivity contribution is 7.91. The first kappa shape index (κ1) is 19.0. The molecule has 6 nitrogen and oxygen atoms in total. The number of halogens is 1. The van der Waals surface area contributed by atoms with Crippen LogP contribution in [-0.4, -0.2) is 37.6 Å². The van der Waals surface area contributed by atoms with Crippen molar-refractivity contribution in [2.24, 2.45) is 0 Å². The SMILES string of the molecule is CCC1(c2ccc(F)cc2)NC(=O)N(CCS(=O)(=O)c2ccccc2)C1=O. The number of amides is 3. The molecule has 8 heteroatoms. The molecule has 1 heterocycles. The van der Waals surface area contributed by atoms with Gasteiger partial charge in [0.2, 0.25) is 0 Å². The maximum Gasteiger partial charge on any atom is 0.325 e. The van der Waals surface area contributed by atoms with Gasteiger partial charge in [-0.3, -0.25) is 9.69 Å². The van der Waals surface area contributed by atoms with Crippen LogP contribution < -0.4 is 5.32 Å². The molecule has 2 aromatic carbocycles. The van der Waals surface area contributed by atoms with E-state index < -0.39 is 33.1 Å². The van der Waals surface area contributed by atoms with Crippen molar-refractivity contribution in [3.63, 3.8) is 0 Å². The summed E-state index contributed by atoms with van der Waals surface area (Å²) in [5.41, 5.74) is -0.862. The van der Waals surface area contributed by atoms with E-state index in [0.717, 1.165) is 4.90 Å². The second-order valence-corrected chi connectivity index (χ2v) is 8.39.